The molecule has 2 aromatic rings. The monoisotopic (exact) mass is 396 g/mol. The largest absolute Gasteiger partial charge is 0.393 e. The quantitative estimate of drug-likeness (QED) is 0.858. The van der Waals surface area contributed by atoms with Crippen LogP contribution in [0.4, 0.5) is 11.6 Å². The minimum Gasteiger partial charge on any atom is -0.393 e. The standard InChI is InChI=1S/C23H32N4O2/c1-23(2,3)20-15-27(14-19(29-20)17-7-5-4-6-8-17)22-13-21(24-16-25-22)26-11-9-18(28)10-12-26/h4-8,13,16,18-20,28H,9-12,14-15H2,1-3H3/t19-,20+/m0/s1. The molecule has 0 spiro atoms. The van der Waals surface area contributed by atoms with Crippen molar-refractivity contribution in [1.82, 2.24) is 9.97 Å². The van der Waals surface area contributed by atoms with Crippen LogP contribution in [-0.4, -0.2) is 53.5 Å². The van der Waals surface area contributed by atoms with E-state index in [0.29, 0.717) is 0 Å². The van der Waals surface area contributed by atoms with Gasteiger partial charge in [0.1, 0.15) is 24.1 Å². The van der Waals surface area contributed by atoms with Crippen LogP contribution in [0.3, 0.4) is 0 Å². The van der Waals surface area contributed by atoms with Gasteiger partial charge in [0.05, 0.1) is 12.2 Å². The molecule has 2 aliphatic rings. The minimum atomic E-state index is -0.189. The number of piperidine rings is 1. The van der Waals surface area contributed by atoms with Gasteiger partial charge in [-0.05, 0) is 23.8 Å². The van der Waals surface area contributed by atoms with Gasteiger partial charge >= 0.3 is 0 Å². The summed E-state index contributed by atoms with van der Waals surface area (Å²) in [5.74, 6) is 1.89. The molecule has 0 amide bonds. The molecular formula is C23H32N4O2. The summed E-state index contributed by atoms with van der Waals surface area (Å²) in [5, 5.41) is 9.79. The number of benzene rings is 1. The third-order valence-corrected chi connectivity index (χ3v) is 5.99. The highest BCUT2D eigenvalue weighted by molar-refractivity contribution is 5.51. The lowest BCUT2D eigenvalue weighted by Crippen LogP contribution is -2.49. The summed E-state index contributed by atoms with van der Waals surface area (Å²) in [5.41, 5.74) is 1.23. The number of aliphatic hydroxyl groups excluding tert-OH is 1. The summed E-state index contributed by atoms with van der Waals surface area (Å²) < 4.78 is 6.52. The van der Waals surface area contributed by atoms with Gasteiger partial charge in [0.2, 0.25) is 0 Å². The fourth-order valence-electron chi connectivity index (χ4n) is 4.05. The molecule has 2 saturated heterocycles. The molecule has 2 atom stereocenters. The first-order valence-corrected chi connectivity index (χ1v) is 10.6. The maximum atomic E-state index is 9.79. The predicted octanol–water partition coefficient (Wildman–Crippen LogP) is 3.43. The van der Waals surface area contributed by atoms with E-state index >= 15 is 0 Å². The average molecular weight is 397 g/mol. The lowest BCUT2D eigenvalue weighted by Gasteiger charge is -2.44. The molecule has 0 bridgehead atoms. The lowest BCUT2D eigenvalue weighted by atomic mass is 9.87. The fourth-order valence-corrected chi connectivity index (χ4v) is 4.05. The second-order valence-electron chi connectivity index (χ2n) is 9.25. The van der Waals surface area contributed by atoms with Crippen molar-refractivity contribution in [3.63, 3.8) is 0 Å². The Labute approximate surface area is 173 Å². The van der Waals surface area contributed by atoms with Crippen molar-refractivity contribution >= 4 is 11.6 Å². The van der Waals surface area contributed by atoms with Crippen LogP contribution < -0.4 is 9.80 Å². The van der Waals surface area contributed by atoms with E-state index < -0.39 is 0 Å². The molecule has 156 valence electrons. The summed E-state index contributed by atoms with van der Waals surface area (Å²) >= 11 is 0. The van der Waals surface area contributed by atoms with Gasteiger partial charge in [-0.15, -0.1) is 0 Å². The van der Waals surface area contributed by atoms with Crippen molar-refractivity contribution in [2.75, 3.05) is 36.0 Å². The number of aromatic nitrogens is 2. The van der Waals surface area contributed by atoms with Crippen molar-refractivity contribution in [3.05, 3.63) is 48.3 Å². The molecule has 0 unspecified atom stereocenters. The van der Waals surface area contributed by atoms with Crippen LogP contribution in [0.1, 0.15) is 45.3 Å². The van der Waals surface area contributed by atoms with E-state index in [2.05, 4.69) is 70.9 Å². The summed E-state index contributed by atoms with van der Waals surface area (Å²) in [6.45, 7) is 9.93. The van der Waals surface area contributed by atoms with Gasteiger partial charge in [-0.25, -0.2) is 9.97 Å². The summed E-state index contributed by atoms with van der Waals surface area (Å²) in [6, 6.07) is 12.5. The van der Waals surface area contributed by atoms with Gasteiger partial charge in [-0.1, -0.05) is 51.1 Å². The Hall–Kier alpha value is -2.18. The minimum absolute atomic E-state index is 0.0118. The lowest BCUT2D eigenvalue weighted by molar-refractivity contribution is -0.0792. The molecule has 6 nitrogen and oxygen atoms in total. The molecule has 3 heterocycles. The van der Waals surface area contributed by atoms with E-state index in [4.69, 9.17) is 4.74 Å². The van der Waals surface area contributed by atoms with Crippen LogP contribution in [0, 0.1) is 5.41 Å². The van der Waals surface area contributed by atoms with Crippen LogP contribution in [0.25, 0.3) is 0 Å². The first-order valence-electron chi connectivity index (χ1n) is 10.6. The molecule has 2 aliphatic heterocycles. The maximum Gasteiger partial charge on any atom is 0.134 e. The normalized spacial score (nSPS) is 24.0. The zero-order chi connectivity index (χ0) is 20.4. The van der Waals surface area contributed by atoms with Gasteiger partial charge in [0.15, 0.2) is 0 Å². The molecule has 1 aromatic heterocycles. The summed E-state index contributed by atoms with van der Waals surface area (Å²) in [7, 11) is 0. The second-order valence-corrected chi connectivity index (χ2v) is 9.25. The molecule has 4 rings (SSSR count). The molecule has 6 heteroatoms. The van der Waals surface area contributed by atoms with E-state index in [0.717, 1.165) is 50.7 Å². The molecule has 0 aliphatic carbocycles. The second kappa shape index (κ2) is 8.28. The topological polar surface area (TPSA) is 61.7 Å². The molecule has 29 heavy (non-hydrogen) atoms. The molecule has 2 fully saturated rings. The van der Waals surface area contributed by atoms with Crippen molar-refractivity contribution in [1.29, 1.82) is 0 Å². The molecule has 0 radical (unpaired) electrons. The van der Waals surface area contributed by atoms with Gasteiger partial charge in [0, 0.05) is 32.2 Å². The van der Waals surface area contributed by atoms with Crippen molar-refractivity contribution in [2.24, 2.45) is 5.41 Å². The van der Waals surface area contributed by atoms with Crippen LogP contribution in [-0.2, 0) is 4.74 Å². The molecule has 1 N–H and O–H groups in total. The third kappa shape index (κ3) is 4.70. The molecule has 1 aromatic carbocycles. The first kappa shape index (κ1) is 20.1. The number of morpholine rings is 1. The number of anilines is 2. The number of hydrogen-bond acceptors (Lipinski definition) is 6. The Morgan fingerprint density at radius 2 is 1.62 bits per heavy atom. The fraction of sp³-hybridized carbons (Fsp3) is 0.565. The molecular weight excluding hydrogens is 364 g/mol. The number of hydrogen-bond donors (Lipinski definition) is 1. The Bertz CT molecular complexity index is 800. The van der Waals surface area contributed by atoms with Gasteiger partial charge < -0.3 is 19.6 Å². The van der Waals surface area contributed by atoms with Crippen LogP contribution >= 0.6 is 0 Å². The van der Waals surface area contributed by atoms with Gasteiger partial charge in [0.25, 0.3) is 0 Å². The summed E-state index contributed by atoms with van der Waals surface area (Å²) in [6.07, 6.45) is 3.17. The Kier molecular flexibility index (Phi) is 5.74. The number of rotatable bonds is 3. The Morgan fingerprint density at radius 1 is 0.966 bits per heavy atom. The van der Waals surface area contributed by atoms with E-state index in [1.807, 2.05) is 6.07 Å². The van der Waals surface area contributed by atoms with Crippen LogP contribution in [0.5, 0.6) is 0 Å². The van der Waals surface area contributed by atoms with Gasteiger partial charge in [-0.2, -0.15) is 0 Å². The van der Waals surface area contributed by atoms with Gasteiger partial charge in [-0.3, -0.25) is 0 Å². The Balaban J connectivity index is 1.58. The van der Waals surface area contributed by atoms with Crippen molar-refractivity contribution in [3.8, 4) is 0 Å². The van der Waals surface area contributed by atoms with E-state index in [1.54, 1.807) is 6.33 Å². The maximum absolute atomic E-state index is 9.79. The average Bonchev–Trinajstić information content (AvgIpc) is 2.74. The number of aliphatic hydroxyl groups is 1. The SMILES string of the molecule is CC(C)(C)[C@H]1CN(c2cc(N3CCC(O)CC3)ncn2)C[C@@H](c2ccccc2)O1. The highest BCUT2D eigenvalue weighted by Gasteiger charge is 2.36. The highest BCUT2D eigenvalue weighted by atomic mass is 16.5. The smallest absolute Gasteiger partial charge is 0.134 e. The third-order valence-electron chi connectivity index (χ3n) is 5.99. The van der Waals surface area contributed by atoms with Crippen LogP contribution in [0.15, 0.2) is 42.7 Å². The van der Waals surface area contributed by atoms with Crippen molar-refractivity contribution in [2.45, 2.75) is 51.9 Å². The molecule has 0 saturated carbocycles. The van der Waals surface area contributed by atoms with Crippen LogP contribution in [0.2, 0.25) is 0 Å². The zero-order valence-corrected chi connectivity index (χ0v) is 17.7. The van der Waals surface area contributed by atoms with E-state index in [-0.39, 0.29) is 23.7 Å². The number of nitrogens with zero attached hydrogens (tertiary/aromatic N) is 4. The highest BCUT2D eigenvalue weighted by Crippen LogP contribution is 2.35. The van der Waals surface area contributed by atoms with E-state index in [9.17, 15) is 5.11 Å². The number of ether oxygens (including phenoxy) is 1. The van der Waals surface area contributed by atoms with Crippen molar-refractivity contribution < 1.29 is 9.84 Å². The zero-order valence-electron chi connectivity index (χ0n) is 17.7. The summed E-state index contributed by atoms with van der Waals surface area (Å²) in [4.78, 5) is 13.7. The predicted molar refractivity (Wildman–Crippen MR) is 115 cm³/mol. The Morgan fingerprint density at radius 3 is 2.28 bits per heavy atom. The van der Waals surface area contributed by atoms with E-state index in [1.165, 1.54) is 5.56 Å². The first-order chi connectivity index (χ1) is 13.9.